The van der Waals surface area contributed by atoms with Crippen LogP contribution in [0.4, 0.5) is 5.69 Å². The molecule has 1 aliphatic heterocycles. The Kier molecular flexibility index (Phi) is 6.05. The van der Waals surface area contributed by atoms with Crippen LogP contribution in [-0.2, 0) is 4.74 Å². The highest BCUT2D eigenvalue weighted by Crippen LogP contribution is 2.16. The number of rotatable bonds is 6. The largest absolute Gasteiger partial charge is 0.385 e. The molecule has 1 aromatic rings. The number of aryl methyl sites for hydroxylation is 1. The third kappa shape index (κ3) is 4.74. The van der Waals surface area contributed by atoms with E-state index in [9.17, 15) is 4.79 Å². The minimum atomic E-state index is 0.00589. The molecule has 1 fully saturated rings. The Balaban J connectivity index is 1.82. The maximum absolute atomic E-state index is 12.2. The fourth-order valence-electron chi connectivity index (χ4n) is 2.71. The molecule has 1 aliphatic rings. The van der Waals surface area contributed by atoms with E-state index in [4.69, 9.17) is 4.74 Å². The predicted molar refractivity (Wildman–Crippen MR) is 85.9 cm³/mol. The summed E-state index contributed by atoms with van der Waals surface area (Å²) in [6, 6.07) is 5.86. The van der Waals surface area contributed by atoms with Crippen molar-refractivity contribution in [2.45, 2.75) is 45.6 Å². The lowest BCUT2D eigenvalue weighted by atomic mass is 10.1. The van der Waals surface area contributed by atoms with Crippen LogP contribution in [0.5, 0.6) is 0 Å². The van der Waals surface area contributed by atoms with Crippen molar-refractivity contribution >= 4 is 11.6 Å². The standard InChI is InChI=1S/C17H26N2O2/c1-3-18-14-7-8-16(13(2)12-14)17(20)19-10-9-15-6-4-5-11-21-15/h7-8,12,15,18H,3-6,9-11H2,1-2H3,(H,19,20). The summed E-state index contributed by atoms with van der Waals surface area (Å²) in [4.78, 5) is 12.2. The highest BCUT2D eigenvalue weighted by molar-refractivity contribution is 5.96. The first-order chi connectivity index (χ1) is 10.2. The van der Waals surface area contributed by atoms with Gasteiger partial charge in [-0.15, -0.1) is 0 Å². The average molecular weight is 290 g/mol. The number of benzene rings is 1. The van der Waals surface area contributed by atoms with Gasteiger partial charge in [0.05, 0.1) is 6.10 Å². The zero-order valence-corrected chi connectivity index (χ0v) is 13.1. The van der Waals surface area contributed by atoms with Gasteiger partial charge in [0.25, 0.3) is 5.91 Å². The lowest BCUT2D eigenvalue weighted by Gasteiger charge is -2.22. The summed E-state index contributed by atoms with van der Waals surface area (Å²) in [7, 11) is 0. The van der Waals surface area contributed by atoms with Gasteiger partial charge in [0, 0.05) is 30.9 Å². The van der Waals surface area contributed by atoms with Gasteiger partial charge in [0.1, 0.15) is 0 Å². The molecule has 2 rings (SSSR count). The van der Waals surface area contributed by atoms with Crippen LogP contribution in [0, 0.1) is 6.92 Å². The van der Waals surface area contributed by atoms with Crippen molar-refractivity contribution in [1.82, 2.24) is 5.32 Å². The molecule has 0 saturated carbocycles. The molecule has 1 heterocycles. The molecule has 0 aromatic heterocycles. The Hall–Kier alpha value is -1.55. The molecule has 116 valence electrons. The van der Waals surface area contributed by atoms with Gasteiger partial charge in [-0.1, -0.05) is 0 Å². The van der Waals surface area contributed by atoms with E-state index in [2.05, 4.69) is 17.6 Å². The number of carbonyl (C=O) groups is 1. The van der Waals surface area contributed by atoms with Gasteiger partial charge in [0.15, 0.2) is 0 Å². The van der Waals surface area contributed by atoms with Crippen molar-refractivity contribution in [3.05, 3.63) is 29.3 Å². The maximum atomic E-state index is 12.2. The van der Waals surface area contributed by atoms with Gasteiger partial charge in [-0.2, -0.15) is 0 Å². The quantitative estimate of drug-likeness (QED) is 0.846. The Bertz CT molecular complexity index is 468. The normalized spacial score (nSPS) is 18.3. The summed E-state index contributed by atoms with van der Waals surface area (Å²) in [5.41, 5.74) is 2.81. The Morgan fingerprint density at radius 2 is 2.24 bits per heavy atom. The Morgan fingerprint density at radius 1 is 1.38 bits per heavy atom. The van der Waals surface area contributed by atoms with Crippen LogP contribution in [-0.4, -0.2) is 31.7 Å². The van der Waals surface area contributed by atoms with Gasteiger partial charge in [0.2, 0.25) is 0 Å². The second-order valence-electron chi connectivity index (χ2n) is 5.59. The monoisotopic (exact) mass is 290 g/mol. The molecule has 1 amide bonds. The number of carbonyl (C=O) groups excluding carboxylic acids is 1. The van der Waals surface area contributed by atoms with Crippen molar-refractivity contribution in [1.29, 1.82) is 0 Å². The minimum Gasteiger partial charge on any atom is -0.385 e. The van der Waals surface area contributed by atoms with Crippen molar-refractivity contribution in [2.75, 3.05) is 25.0 Å². The molecule has 4 nitrogen and oxygen atoms in total. The molecule has 1 unspecified atom stereocenters. The highest BCUT2D eigenvalue weighted by atomic mass is 16.5. The summed E-state index contributed by atoms with van der Waals surface area (Å²) in [5, 5.41) is 6.25. The summed E-state index contributed by atoms with van der Waals surface area (Å²) in [5.74, 6) is 0.00589. The second kappa shape index (κ2) is 8.03. The van der Waals surface area contributed by atoms with E-state index < -0.39 is 0 Å². The third-order valence-corrected chi connectivity index (χ3v) is 3.88. The summed E-state index contributed by atoms with van der Waals surface area (Å²) in [6.07, 6.45) is 4.74. The fourth-order valence-corrected chi connectivity index (χ4v) is 2.71. The zero-order chi connectivity index (χ0) is 15.1. The van der Waals surface area contributed by atoms with E-state index in [1.807, 2.05) is 25.1 Å². The number of ether oxygens (including phenoxy) is 1. The van der Waals surface area contributed by atoms with E-state index >= 15 is 0 Å². The Morgan fingerprint density at radius 3 is 2.90 bits per heavy atom. The zero-order valence-electron chi connectivity index (χ0n) is 13.1. The van der Waals surface area contributed by atoms with Crippen LogP contribution in [0.15, 0.2) is 18.2 Å². The molecular formula is C17H26N2O2. The average Bonchev–Trinajstić information content (AvgIpc) is 2.48. The minimum absolute atomic E-state index is 0.00589. The van der Waals surface area contributed by atoms with Crippen LogP contribution in [0.2, 0.25) is 0 Å². The molecule has 0 radical (unpaired) electrons. The van der Waals surface area contributed by atoms with Gasteiger partial charge < -0.3 is 15.4 Å². The summed E-state index contributed by atoms with van der Waals surface area (Å²) < 4.78 is 5.67. The van der Waals surface area contributed by atoms with Crippen LogP contribution in [0.1, 0.15) is 48.5 Å². The number of amides is 1. The number of hydrogen-bond acceptors (Lipinski definition) is 3. The van der Waals surface area contributed by atoms with Crippen molar-refractivity contribution in [3.8, 4) is 0 Å². The summed E-state index contributed by atoms with van der Waals surface area (Å²) >= 11 is 0. The molecular weight excluding hydrogens is 264 g/mol. The lowest BCUT2D eigenvalue weighted by molar-refractivity contribution is 0.0117. The van der Waals surface area contributed by atoms with Crippen LogP contribution < -0.4 is 10.6 Å². The molecule has 0 aliphatic carbocycles. The molecule has 0 spiro atoms. The van der Waals surface area contributed by atoms with E-state index in [1.165, 1.54) is 12.8 Å². The lowest BCUT2D eigenvalue weighted by Crippen LogP contribution is -2.29. The smallest absolute Gasteiger partial charge is 0.251 e. The van der Waals surface area contributed by atoms with Crippen LogP contribution in [0.25, 0.3) is 0 Å². The first kappa shape index (κ1) is 15.8. The second-order valence-corrected chi connectivity index (χ2v) is 5.59. The van der Waals surface area contributed by atoms with E-state index in [0.717, 1.165) is 42.8 Å². The maximum Gasteiger partial charge on any atom is 0.251 e. The molecule has 0 bridgehead atoms. The van der Waals surface area contributed by atoms with E-state index in [0.29, 0.717) is 12.6 Å². The topological polar surface area (TPSA) is 50.4 Å². The van der Waals surface area contributed by atoms with Crippen LogP contribution >= 0.6 is 0 Å². The third-order valence-electron chi connectivity index (χ3n) is 3.88. The predicted octanol–water partition coefficient (Wildman–Crippen LogP) is 3.12. The van der Waals surface area contributed by atoms with Gasteiger partial charge in [-0.25, -0.2) is 0 Å². The van der Waals surface area contributed by atoms with Crippen molar-refractivity contribution < 1.29 is 9.53 Å². The molecule has 2 N–H and O–H groups in total. The summed E-state index contributed by atoms with van der Waals surface area (Å²) in [6.45, 7) is 6.46. The SMILES string of the molecule is CCNc1ccc(C(=O)NCCC2CCCCO2)c(C)c1. The number of nitrogens with one attached hydrogen (secondary N) is 2. The van der Waals surface area contributed by atoms with Crippen LogP contribution in [0.3, 0.4) is 0 Å². The molecule has 21 heavy (non-hydrogen) atoms. The van der Waals surface area contributed by atoms with Crippen molar-refractivity contribution in [2.24, 2.45) is 0 Å². The van der Waals surface area contributed by atoms with E-state index in [-0.39, 0.29) is 5.91 Å². The van der Waals surface area contributed by atoms with Crippen molar-refractivity contribution in [3.63, 3.8) is 0 Å². The van der Waals surface area contributed by atoms with E-state index in [1.54, 1.807) is 0 Å². The van der Waals surface area contributed by atoms with Gasteiger partial charge in [-0.3, -0.25) is 4.79 Å². The first-order valence-corrected chi connectivity index (χ1v) is 7.95. The molecule has 1 saturated heterocycles. The molecule has 1 atom stereocenters. The molecule has 1 aromatic carbocycles. The van der Waals surface area contributed by atoms with Gasteiger partial charge in [-0.05, 0) is 63.3 Å². The fraction of sp³-hybridized carbons (Fsp3) is 0.588. The highest BCUT2D eigenvalue weighted by Gasteiger charge is 2.14. The number of hydrogen-bond donors (Lipinski definition) is 2. The number of anilines is 1. The Labute approximate surface area is 127 Å². The first-order valence-electron chi connectivity index (χ1n) is 7.95. The molecule has 4 heteroatoms. The van der Waals surface area contributed by atoms with Gasteiger partial charge >= 0.3 is 0 Å².